The molecule has 0 rings (SSSR count). The van der Waals surface area contributed by atoms with E-state index >= 15 is 0 Å². The van der Waals surface area contributed by atoms with Gasteiger partial charge in [0.2, 0.25) is 0 Å². The molecule has 0 spiro atoms. The first-order chi connectivity index (χ1) is 13.0. The molecule has 0 aliphatic heterocycles. The lowest BCUT2D eigenvalue weighted by Gasteiger charge is -2.43. The molecular weight excluding hydrogens is 368 g/mol. The molecule has 0 saturated carbocycles. The third kappa shape index (κ3) is 9.29. The topological polar surface area (TPSA) is 107 Å². The Bertz CT molecular complexity index is 340. The molecule has 4 N–H and O–H groups in total. The Morgan fingerprint density at radius 2 is 1.33 bits per heavy atom. The number of nitrogens with two attached hydrogens (primary N) is 2. The summed E-state index contributed by atoms with van der Waals surface area (Å²) in [6.45, 7) is 12.9. The summed E-state index contributed by atoms with van der Waals surface area (Å²) in [5, 5.41) is 0. The monoisotopic (exact) mass is 410 g/mol. The van der Waals surface area contributed by atoms with Gasteiger partial charge in [-0.3, -0.25) is 0 Å². The van der Waals surface area contributed by atoms with Gasteiger partial charge in [-0.05, 0) is 67.0 Å². The zero-order chi connectivity index (χ0) is 20.6. The van der Waals surface area contributed by atoms with Gasteiger partial charge in [0.25, 0.3) is 0 Å². The molecule has 0 heterocycles. The molecule has 0 aromatic heterocycles. The summed E-state index contributed by atoms with van der Waals surface area (Å²) in [5.41, 5.74) is 11.5. The highest BCUT2D eigenvalue weighted by Gasteiger charge is 2.54. The van der Waals surface area contributed by atoms with Crippen molar-refractivity contribution in [3.8, 4) is 0 Å². The summed E-state index contributed by atoms with van der Waals surface area (Å²) in [7, 11) is -3.10. The molecule has 27 heavy (non-hydrogen) atoms. The van der Waals surface area contributed by atoms with Crippen LogP contribution in [0.1, 0.15) is 53.9 Å². The molecular formula is C18H42N2O6Si. The molecule has 9 heteroatoms. The minimum absolute atomic E-state index is 0.395. The van der Waals surface area contributed by atoms with Crippen molar-refractivity contribution < 1.29 is 27.5 Å². The summed E-state index contributed by atoms with van der Waals surface area (Å²) in [4.78, 5) is 0. The Kier molecular flexibility index (Phi) is 15.7. The quantitative estimate of drug-likeness (QED) is 0.247. The molecule has 0 amide bonds. The van der Waals surface area contributed by atoms with Crippen molar-refractivity contribution in [2.24, 2.45) is 11.5 Å². The second kappa shape index (κ2) is 15.8. The molecule has 1 atom stereocenters. The fourth-order valence-corrected chi connectivity index (χ4v) is 5.68. The summed E-state index contributed by atoms with van der Waals surface area (Å²) < 4.78 is 36.7. The van der Waals surface area contributed by atoms with Gasteiger partial charge in [0.05, 0.1) is 0 Å². The van der Waals surface area contributed by atoms with E-state index in [0.29, 0.717) is 58.6 Å². The van der Waals surface area contributed by atoms with Crippen molar-refractivity contribution in [2.45, 2.75) is 72.0 Å². The second-order valence-corrected chi connectivity index (χ2v) is 8.54. The van der Waals surface area contributed by atoms with Crippen LogP contribution in [0.2, 0.25) is 6.04 Å². The molecule has 0 radical (unpaired) electrons. The van der Waals surface area contributed by atoms with Crippen LogP contribution in [0, 0.1) is 0 Å². The molecule has 0 fully saturated rings. The highest BCUT2D eigenvalue weighted by Crippen LogP contribution is 2.33. The molecule has 1 unspecified atom stereocenters. The first kappa shape index (κ1) is 26.9. The molecule has 0 aromatic rings. The maximum absolute atomic E-state index is 6.53. The maximum Gasteiger partial charge on any atom is 0.504 e. The van der Waals surface area contributed by atoms with E-state index < -0.39 is 20.9 Å². The normalized spacial score (nSPS) is 13.9. The summed E-state index contributed by atoms with van der Waals surface area (Å²) in [5.74, 6) is -1.40. The molecule has 0 aliphatic rings. The lowest BCUT2D eigenvalue weighted by Crippen LogP contribution is -2.61. The van der Waals surface area contributed by atoms with E-state index in [1.807, 2.05) is 34.6 Å². The van der Waals surface area contributed by atoms with Crippen molar-refractivity contribution in [1.29, 1.82) is 0 Å². The van der Waals surface area contributed by atoms with E-state index in [2.05, 4.69) is 0 Å². The number of hydrogen-bond acceptors (Lipinski definition) is 8. The number of hydrogen-bond donors (Lipinski definition) is 2. The molecule has 0 aliphatic carbocycles. The zero-order valence-electron chi connectivity index (χ0n) is 18.0. The second-order valence-electron chi connectivity index (χ2n) is 5.89. The van der Waals surface area contributed by atoms with Crippen LogP contribution in [-0.2, 0) is 27.5 Å². The van der Waals surface area contributed by atoms with Gasteiger partial charge < -0.3 is 39.0 Å². The highest BCUT2D eigenvalue weighted by molar-refractivity contribution is 6.60. The number of ether oxygens (including phenoxy) is 3. The zero-order valence-corrected chi connectivity index (χ0v) is 19.0. The van der Waals surface area contributed by atoms with Crippen LogP contribution >= 0.6 is 0 Å². The molecule has 0 bridgehead atoms. The lowest BCUT2D eigenvalue weighted by molar-refractivity contribution is -0.396. The van der Waals surface area contributed by atoms with E-state index in [1.54, 1.807) is 0 Å². The minimum atomic E-state index is -3.10. The predicted molar refractivity (Wildman–Crippen MR) is 108 cm³/mol. The minimum Gasteiger partial charge on any atom is -0.374 e. The predicted octanol–water partition coefficient (Wildman–Crippen LogP) is 2.23. The first-order valence-electron chi connectivity index (χ1n) is 10.3. The van der Waals surface area contributed by atoms with Gasteiger partial charge in [0.1, 0.15) is 6.10 Å². The van der Waals surface area contributed by atoms with E-state index in [1.165, 1.54) is 0 Å². The van der Waals surface area contributed by atoms with Gasteiger partial charge in [-0.25, -0.2) is 0 Å². The van der Waals surface area contributed by atoms with Crippen molar-refractivity contribution >= 4 is 8.80 Å². The maximum atomic E-state index is 6.53. The van der Waals surface area contributed by atoms with Gasteiger partial charge in [-0.2, -0.15) is 0 Å². The van der Waals surface area contributed by atoms with Crippen LogP contribution in [-0.4, -0.2) is 67.0 Å². The molecule has 0 saturated heterocycles. The first-order valence-corrected chi connectivity index (χ1v) is 12.2. The average molecular weight is 411 g/mol. The van der Waals surface area contributed by atoms with Crippen molar-refractivity contribution in [3.05, 3.63) is 0 Å². The van der Waals surface area contributed by atoms with Gasteiger partial charge in [0.15, 0.2) is 0 Å². The molecule has 8 nitrogen and oxygen atoms in total. The van der Waals surface area contributed by atoms with Crippen LogP contribution in [0.4, 0.5) is 0 Å². The summed E-state index contributed by atoms with van der Waals surface area (Å²) in [6, 6.07) is 0.586. The Hall–Kier alpha value is -0.103. The fourth-order valence-electron chi connectivity index (χ4n) is 2.89. The smallest absolute Gasteiger partial charge is 0.374 e. The van der Waals surface area contributed by atoms with Crippen LogP contribution < -0.4 is 11.5 Å². The summed E-state index contributed by atoms with van der Waals surface area (Å²) >= 11 is 0. The van der Waals surface area contributed by atoms with Gasteiger partial charge >= 0.3 is 14.8 Å². The molecule has 164 valence electrons. The van der Waals surface area contributed by atoms with E-state index in [4.69, 9.17) is 39.0 Å². The lowest BCUT2D eigenvalue weighted by atomic mass is 10.1. The molecule has 0 aromatic carbocycles. The third-order valence-corrected chi connectivity index (χ3v) is 6.86. The van der Waals surface area contributed by atoms with Crippen LogP contribution in [0.3, 0.4) is 0 Å². The Morgan fingerprint density at radius 1 is 0.778 bits per heavy atom. The Balaban J connectivity index is 5.92. The van der Waals surface area contributed by atoms with E-state index in [0.717, 1.165) is 12.8 Å². The average Bonchev–Trinajstić information content (AvgIpc) is 2.64. The fraction of sp³-hybridized carbons (Fsp3) is 1.00. The van der Waals surface area contributed by atoms with E-state index in [9.17, 15) is 0 Å². The van der Waals surface area contributed by atoms with E-state index in [-0.39, 0.29) is 0 Å². The third-order valence-electron chi connectivity index (χ3n) is 3.84. The highest BCUT2D eigenvalue weighted by atomic mass is 28.4. The van der Waals surface area contributed by atoms with Crippen molar-refractivity contribution in [2.75, 3.05) is 46.1 Å². The van der Waals surface area contributed by atoms with Crippen molar-refractivity contribution in [1.82, 2.24) is 0 Å². The summed E-state index contributed by atoms with van der Waals surface area (Å²) in [6.07, 6.45) is 1.68. The van der Waals surface area contributed by atoms with Crippen LogP contribution in [0.15, 0.2) is 0 Å². The largest absolute Gasteiger partial charge is 0.504 e. The Morgan fingerprint density at radius 3 is 1.74 bits per heavy atom. The van der Waals surface area contributed by atoms with Crippen LogP contribution in [0.5, 0.6) is 0 Å². The Labute approximate surface area is 166 Å². The van der Waals surface area contributed by atoms with Gasteiger partial charge in [0, 0.05) is 39.1 Å². The number of rotatable bonds is 19. The van der Waals surface area contributed by atoms with Crippen molar-refractivity contribution in [3.63, 3.8) is 0 Å². The SMILES string of the molecule is CCOC(CCCN)C(OCC)(OCC)O[Si](CCCN)(OCC)OCC. The van der Waals surface area contributed by atoms with Crippen LogP contribution in [0.25, 0.3) is 0 Å². The van der Waals surface area contributed by atoms with Gasteiger partial charge in [-0.1, -0.05) is 0 Å². The standard InChI is InChI=1S/C18H42N2O6Si/c1-6-21-17(13-11-14-19)18(22-7-2,23-8-3)26-27(24-9-4,25-10-5)16-12-15-20/h17H,6-16,19-20H2,1-5H3. The van der Waals surface area contributed by atoms with Gasteiger partial charge in [-0.15, -0.1) is 0 Å².